The molecule has 200 valence electrons. The van der Waals surface area contributed by atoms with E-state index >= 15 is 0 Å². The maximum Gasteiger partial charge on any atom is 0.187 e. The molecule has 12 N–H and O–H groups in total. The van der Waals surface area contributed by atoms with Crippen LogP contribution in [0, 0.1) is 0 Å². The van der Waals surface area contributed by atoms with Crippen molar-refractivity contribution in [3.05, 3.63) is 0 Å². The molecule has 0 radical (unpaired) electrons. The molecular weight excluding hydrogens is 472 g/mol. The van der Waals surface area contributed by atoms with E-state index in [0.29, 0.717) is 0 Å². The Bertz CT molecular complexity index is 637. The Kier molecular flexibility index (Phi) is 9.18. The lowest BCUT2D eigenvalue weighted by molar-refractivity contribution is -0.351. The lowest BCUT2D eigenvalue weighted by Gasteiger charge is -2.46. The number of aliphatic hydroxyl groups is 12. The van der Waals surface area contributed by atoms with Gasteiger partial charge >= 0.3 is 0 Å². The zero-order chi connectivity index (χ0) is 25.5. The third-order valence-corrected chi connectivity index (χ3v) is 6.31. The van der Waals surface area contributed by atoms with Gasteiger partial charge in [-0.2, -0.15) is 0 Å². The minimum absolute atomic E-state index is 0.646. The van der Waals surface area contributed by atoms with Crippen molar-refractivity contribution in [2.45, 2.75) is 98.0 Å². The minimum Gasteiger partial charge on any atom is -0.394 e. The number of hydrogen-bond acceptors (Lipinski definition) is 16. The van der Waals surface area contributed by atoms with Gasteiger partial charge in [0.25, 0.3) is 0 Å². The maximum atomic E-state index is 10.2. The van der Waals surface area contributed by atoms with Crippen LogP contribution in [-0.2, 0) is 18.9 Å². The first-order valence-corrected chi connectivity index (χ1v) is 10.6. The van der Waals surface area contributed by atoms with Crippen molar-refractivity contribution in [1.82, 2.24) is 0 Å². The summed E-state index contributed by atoms with van der Waals surface area (Å²) in [6.45, 7) is -1.36. The van der Waals surface area contributed by atoms with Gasteiger partial charge in [0.05, 0.1) is 13.2 Å². The summed E-state index contributed by atoms with van der Waals surface area (Å²) in [5.74, 6) is 0. The molecular formula is C18H32O16. The van der Waals surface area contributed by atoms with Crippen molar-refractivity contribution in [3.8, 4) is 0 Å². The van der Waals surface area contributed by atoms with Gasteiger partial charge in [0.15, 0.2) is 12.6 Å². The van der Waals surface area contributed by atoms with Crippen LogP contribution < -0.4 is 0 Å². The number of ether oxygens (including phenoxy) is 4. The van der Waals surface area contributed by atoms with Gasteiger partial charge in [0.1, 0.15) is 85.5 Å². The highest BCUT2D eigenvalue weighted by Crippen LogP contribution is 2.30. The fraction of sp³-hybridized carbons (Fsp3) is 1.00. The van der Waals surface area contributed by atoms with E-state index in [9.17, 15) is 61.3 Å². The molecule has 3 aliphatic rings. The van der Waals surface area contributed by atoms with E-state index in [2.05, 4.69) is 0 Å². The van der Waals surface area contributed by atoms with Gasteiger partial charge in [-0.1, -0.05) is 0 Å². The van der Waals surface area contributed by atoms with Crippen LogP contribution in [-0.4, -0.2) is 173 Å². The predicted molar refractivity (Wildman–Crippen MR) is 101 cm³/mol. The summed E-state index contributed by atoms with van der Waals surface area (Å²) in [4.78, 5) is 0. The maximum absolute atomic E-state index is 10.2. The predicted octanol–water partition coefficient (Wildman–Crippen LogP) is -8.19. The highest BCUT2D eigenvalue weighted by molar-refractivity contribution is 5.00. The Balaban J connectivity index is 1.67. The van der Waals surface area contributed by atoms with Crippen LogP contribution in [0.25, 0.3) is 0 Å². The normalized spacial score (nSPS) is 54.7. The first kappa shape index (κ1) is 27.9. The first-order chi connectivity index (χ1) is 15.9. The van der Waals surface area contributed by atoms with E-state index in [1.807, 2.05) is 0 Å². The van der Waals surface area contributed by atoms with E-state index in [1.165, 1.54) is 0 Å². The Morgan fingerprint density at radius 2 is 0.882 bits per heavy atom. The van der Waals surface area contributed by atoms with E-state index < -0.39 is 111 Å². The van der Waals surface area contributed by atoms with Gasteiger partial charge in [0, 0.05) is 0 Å². The first-order valence-electron chi connectivity index (χ1n) is 10.6. The molecule has 34 heavy (non-hydrogen) atoms. The molecule has 9 unspecified atom stereocenters. The fourth-order valence-corrected chi connectivity index (χ4v) is 4.07. The monoisotopic (exact) mass is 504 g/mol. The van der Waals surface area contributed by atoms with Gasteiger partial charge < -0.3 is 80.2 Å². The topological polar surface area (TPSA) is 280 Å². The average molecular weight is 504 g/mol. The van der Waals surface area contributed by atoms with Gasteiger partial charge in [-0.3, -0.25) is 0 Å². The summed E-state index contributed by atoms with van der Waals surface area (Å²) in [5.41, 5.74) is 0. The summed E-state index contributed by atoms with van der Waals surface area (Å²) in [7, 11) is 0. The quantitative estimate of drug-likeness (QED) is 0.160. The zero-order valence-electron chi connectivity index (χ0n) is 17.7. The molecule has 16 atom stereocenters. The second-order valence-electron chi connectivity index (χ2n) is 8.60. The van der Waals surface area contributed by atoms with E-state index in [0.717, 1.165) is 0 Å². The van der Waals surface area contributed by atoms with Crippen molar-refractivity contribution >= 4 is 0 Å². The van der Waals surface area contributed by atoms with Crippen LogP contribution in [0.1, 0.15) is 0 Å². The minimum atomic E-state index is -1.93. The second-order valence-corrected chi connectivity index (χ2v) is 8.60. The molecule has 3 fully saturated rings. The van der Waals surface area contributed by atoms with Crippen LogP contribution in [0.2, 0.25) is 0 Å². The van der Waals surface area contributed by atoms with Gasteiger partial charge in [-0.15, -0.1) is 0 Å². The largest absolute Gasteiger partial charge is 0.394 e. The third-order valence-electron chi connectivity index (χ3n) is 6.31. The van der Waals surface area contributed by atoms with Crippen LogP contribution in [0.5, 0.6) is 0 Å². The number of aliphatic hydroxyl groups excluding tert-OH is 12. The van der Waals surface area contributed by atoms with Crippen molar-refractivity contribution in [2.24, 2.45) is 0 Å². The molecule has 0 amide bonds. The van der Waals surface area contributed by atoms with Gasteiger partial charge in [-0.25, -0.2) is 0 Å². The SMILES string of the molecule is OCC1O[C@@H](OCC2O[C@@H](OC3C(O)C(O)C(O)C(O)[C@H]3O)C(O)[C@@H](O)[C@H]2O)C(O)[C@@H](O)[C@H]1O. The molecule has 2 saturated heterocycles. The number of hydrogen-bond donors (Lipinski definition) is 12. The van der Waals surface area contributed by atoms with Crippen molar-refractivity contribution in [3.63, 3.8) is 0 Å². The molecule has 0 aromatic heterocycles. The van der Waals surface area contributed by atoms with Crippen LogP contribution in [0.4, 0.5) is 0 Å². The molecule has 1 aliphatic carbocycles. The van der Waals surface area contributed by atoms with Crippen molar-refractivity contribution in [1.29, 1.82) is 0 Å². The summed E-state index contributed by atoms with van der Waals surface area (Å²) >= 11 is 0. The van der Waals surface area contributed by atoms with Crippen molar-refractivity contribution in [2.75, 3.05) is 13.2 Å². The lowest BCUT2D eigenvalue weighted by Crippen LogP contribution is -2.67. The molecule has 2 heterocycles. The van der Waals surface area contributed by atoms with E-state index in [-0.39, 0.29) is 0 Å². The highest BCUT2D eigenvalue weighted by Gasteiger charge is 2.53. The summed E-state index contributed by atoms with van der Waals surface area (Å²) in [5, 5.41) is 119. The summed E-state index contributed by atoms with van der Waals surface area (Å²) in [6, 6.07) is 0. The molecule has 2 aliphatic heterocycles. The molecule has 0 aromatic carbocycles. The highest BCUT2D eigenvalue weighted by atomic mass is 16.7. The Morgan fingerprint density at radius 3 is 1.41 bits per heavy atom. The summed E-state index contributed by atoms with van der Waals surface area (Å²) < 4.78 is 21.0. The van der Waals surface area contributed by atoms with Crippen LogP contribution >= 0.6 is 0 Å². The Morgan fingerprint density at radius 1 is 0.471 bits per heavy atom. The van der Waals surface area contributed by atoms with Gasteiger partial charge in [-0.05, 0) is 0 Å². The van der Waals surface area contributed by atoms with Crippen molar-refractivity contribution < 1.29 is 80.2 Å². The smallest absolute Gasteiger partial charge is 0.187 e. The Labute approximate surface area is 192 Å². The van der Waals surface area contributed by atoms with Gasteiger partial charge in [0.2, 0.25) is 0 Å². The Hall–Kier alpha value is -0.640. The van der Waals surface area contributed by atoms with Crippen LogP contribution in [0.15, 0.2) is 0 Å². The average Bonchev–Trinajstić information content (AvgIpc) is 2.82. The standard InChI is InChI=1S/C18H32O16/c19-1-3-5(20)7(22)14(29)17(32-3)31-2-4-6(21)8(23)15(30)18(33-4)34-16-12(27)10(25)9(24)11(26)13(16)28/h3-30H,1-2H2/t3?,4?,5-,6-,7-,8-,9?,10?,11?,12+,13?,14?,15?,16?,17+,18-/m0/s1. The molecule has 0 bridgehead atoms. The molecule has 0 spiro atoms. The summed E-state index contributed by atoms with van der Waals surface area (Å²) in [6.07, 6.45) is -28.3. The third kappa shape index (κ3) is 5.23. The van der Waals surface area contributed by atoms with Crippen LogP contribution in [0.3, 0.4) is 0 Å². The lowest BCUT2D eigenvalue weighted by atomic mass is 9.84. The second kappa shape index (κ2) is 11.2. The molecule has 16 nitrogen and oxygen atoms in total. The fourth-order valence-electron chi connectivity index (χ4n) is 4.07. The molecule has 3 rings (SSSR count). The van der Waals surface area contributed by atoms with E-state index in [1.54, 1.807) is 0 Å². The molecule has 0 aromatic rings. The zero-order valence-corrected chi connectivity index (χ0v) is 17.7. The van der Waals surface area contributed by atoms with E-state index in [4.69, 9.17) is 18.9 Å². The molecule has 16 heteroatoms. The number of rotatable bonds is 6. The molecule has 1 saturated carbocycles.